The number of para-hydroxylation sites is 1. The van der Waals surface area contributed by atoms with Gasteiger partial charge >= 0.3 is 0 Å². The zero-order chi connectivity index (χ0) is 13.2. The van der Waals surface area contributed by atoms with E-state index in [-0.39, 0.29) is 5.82 Å². The van der Waals surface area contributed by atoms with E-state index < -0.39 is 6.10 Å². The maximum absolute atomic E-state index is 12.9. The van der Waals surface area contributed by atoms with Gasteiger partial charge in [-0.25, -0.2) is 9.37 Å². The van der Waals surface area contributed by atoms with Crippen LogP contribution in [0.15, 0.2) is 60.7 Å². The first-order valence-corrected chi connectivity index (χ1v) is 6.03. The summed E-state index contributed by atoms with van der Waals surface area (Å²) < 4.78 is 12.9. The predicted octanol–water partition coefficient (Wildman–Crippen LogP) is 3.46. The summed E-state index contributed by atoms with van der Waals surface area (Å²) in [5.41, 5.74) is 2.02. The van der Waals surface area contributed by atoms with Crippen molar-refractivity contribution in [1.82, 2.24) is 4.98 Å². The molecule has 3 aromatic rings. The van der Waals surface area contributed by atoms with Gasteiger partial charge in [-0.3, -0.25) is 0 Å². The lowest BCUT2D eigenvalue weighted by molar-refractivity contribution is 0.215. The van der Waals surface area contributed by atoms with Crippen molar-refractivity contribution in [1.29, 1.82) is 0 Å². The van der Waals surface area contributed by atoms with E-state index in [1.807, 2.05) is 30.3 Å². The number of rotatable bonds is 2. The Morgan fingerprint density at radius 3 is 2.42 bits per heavy atom. The molecule has 0 aliphatic carbocycles. The fourth-order valence-corrected chi connectivity index (χ4v) is 2.05. The van der Waals surface area contributed by atoms with Crippen molar-refractivity contribution in [2.75, 3.05) is 0 Å². The summed E-state index contributed by atoms with van der Waals surface area (Å²) in [7, 11) is 0. The number of hydrogen-bond acceptors (Lipinski definition) is 2. The van der Waals surface area contributed by atoms with Gasteiger partial charge in [0.25, 0.3) is 0 Å². The summed E-state index contributed by atoms with van der Waals surface area (Å²) in [4.78, 5) is 4.43. The zero-order valence-corrected chi connectivity index (χ0v) is 10.1. The van der Waals surface area contributed by atoms with E-state index in [0.717, 1.165) is 10.9 Å². The highest BCUT2D eigenvalue weighted by Crippen LogP contribution is 2.22. The van der Waals surface area contributed by atoms with Gasteiger partial charge in [-0.2, -0.15) is 0 Å². The molecule has 3 heteroatoms. The van der Waals surface area contributed by atoms with Crippen molar-refractivity contribution in [2.24, 2.45) is 0 Å². The standard InChI is InChI=1S/C16H12FNO/c17-13-8-5-12(6-9-13)16(19)15-10-7-11-3-1-2-4-14(11)18-15/h1-10,16,19H/t16-/m1/s1. The molecule has 0 saturated carbocycles. The van der Waals surface area contributed by atoms with Crippen molar-refractivity contribution in [3.63, 3.8) is 0 Å². The molecule has 0 bridgehead atoms. The van der Waals surface area contributed by atoms with E-state index in [9.17, 15) is 9.50 Å². The largest absolute Gasteiger partial charge is 0.382 e. The molecule has 1 heterocycles. The second-order valence-corrected chi connectivity index (χ2v) is 4.38. The third kappa shape index (κ3) is 2.33. The number of aliphatic hydroxyl groups is 1. The van der Waals surface area contributed by atoms with Gasteiger partial charge in [0.05, 0.1) is 11.2 Å². The van der Waals surface area contributed by atoms with Crippen molar-refractivity contribution in [3.8, 4) is 0 Å². The number of halogens is 1. The lowest BCUT2D eigenvalue weighted by Crippen LogP contribution is -2.02. The Hall–Kier alpha value is -2.26. The predicted molar refractivity (Wildman–Crippen MR) is 72.2 cm³/mol. The maximum atomic E-state index is 12.9. The smallest absolute Gasteiger partial charge is 0.123 e. The molecule has 0 amide bonds. The molecular weight excluding hydrogens is 241 g/mol. The fraction of sp³-hybridized carbons (Fsp3) is 0.0625. The fourth-order valence-electron chi connectivity index (χ4n) is 2.05. The molecule has 0 radical (unpaired) electrons. The first kappa shape index (κ1) is 11.8. The number of hydrogen-bond donors (Lipinski definition) is 1. The Morgan fingerprint density at radius 1 is 0.895 bits per heavy atom. The van der Waals surface area contributed by atoms with Crippen LogP contribution in [0.5, 0.6) is 0 Å². The van der Waals surface area contributed by atoms with Crippen LogP contribution in [0.3, 0.4) is 0 Å². The molecule has 1 aromatic heterocycles. The number of benzene rings is 2. The maximum Gasteiger partial charge on any atom is 0.123 e. The summed E-state index contributed by atoms with van der Waals surface area (Å²) >= 11 is 0. The number of pyridine rings is 1. The minimum atomic E-state index is -0.842. The van der Waals surface area contributed by atoms with Crippen LogP contribution in [0.4, 0.5) is 4.39 Å². The Labute approximate surface area is 110 Å². The molecule has 0 fully saturated rings. The number of aliphatic hydroxyl groups excluding tert-OH is 1. The molecule has 2 nitrogen and oxygen atoms in total. The average Bonchev–Trinajstić information content (AvgIpc) is 2.47. The Balaban J connectivity index is 2.01. The van der Waals surface area contributed by atoms with Gasteiger partial charge < -0.3 is 5.11 Å². The van der Waals surface area contributed by atoms with Crippen LogP contribution < -0.4 is 0 Å². The highest BCUT2D eigenvalue weighted by molar-refractivity contribution is 5.78. The monoisotopic (exact) mass is 253 g/mol. The molecule has 0 saturated heterocycles. The summed E-state index contributed by atoms with van der Waals surface area (Å²) in [6.45, 7) is 0. The molecule has 0 spiro atoms. The number of fused-ring (bicyclic) bond motifs is 1. The Bertz CT molecular complexity index is 709. The molecule has 0 unspecified atom stereocenters. The van der Waals surface area contributed by atoms with Crippen LogP contribution in [-0.2, 0) is 0 Å². The summed E-state index contributed by atoms with van der Waals surface area (Å²) in [6, 6.07) is 17.2. The Morgan fingerprint density at radius 2 is 1.63 bits per heavy atom. The highest BCUT2D eigenvalue weighted by atomic mass is 19.1. The summed E-state index contributed by atoms with van der Waals surface area (Å²) in [5, 5.41) is 11.3. The second kappa shape index (κ2) is 4.78. The van der Waals surface area contributed by atoms with E-state index in [2.05, 4.69) is 4.98 Å². The molecule has 3 rings (SSSR count). The lowest BCUT2D eigenvalue weighted by atomic mass is 10.1. The van der Waals surface area contributed by atoms with Crippen LogP contribution in [-0.4, -0.2) is 10.1 Å². The first-order chi connectivity index (χ1) is 9.24. The molecule has 0 aliphatic heterocycles. The number of nitrogens with zero attached hydrogens (tertiary/aromatic N) is 1. The van der Waals surface area contributed by atoms with Gasteiger partial charge in [0.2, 0.25) is 0 Å². The van der Waals surface area contributed by atoms with Gasteiger partial charge in [-0.05, 0) is 29.8 Å². The van der Waals surface area contributed by atoms with Gasteiger partial charge in [0.1, 0.15) is 11.9 Å². The van der Waals surface area contributed by atoms with E-state index >= 15 is 0 Å². The minimum absolute atomic E-state index is 0.317. The average molecular weight is 253 g/mol. The normalized spacial score (nSPS) is 12.5. The molecule has 2 aromatic carbocycles. The molecule has 0 aliphatic rings. The molecule has 1 N–H and O–H groups in total. The molecular formula is C16H12FNO. The van der Waals surface area contributed by atoms with Crippen molar-refractivity contribution < 1.29 is 9.50 Å². The third-order valence-electron chi connectivity index (χ3n) is 3.09. The van der Waals surface area contributed by atoms with Crippen molar-refractivity contribution >= 4 is 10.9 Å². The summed E-state index contributed by atoms with van der Waals surface area (Å²) in [5.74, 6) is -0.317. The highest BCUT2D eigenvalue weighted by Gasteiger charge is 2.12. The quantitative estimate of drug-likeness (QED) is 0.758. The van der Waals surface area contributed by atoms with Gasteiger partial charge in [0.15, 0.2) is 0 Å². The zero-order valence-electron chi connectivity index (χ0n) is 10.1. The van der Waals surface area contributed by atoms with Crippen LogP contribution in [0, 0.1) is 5.82 Å². The van der Waals surface area contributed by atoms with Gasteiger partial charge in [0, 0.05) is 5.39 Å². The van der Waals surface area contributed by atoms with Gasteiger partial charge in [-0.1, -0.05) is 36.4 Å². The lowest BCUT2D eigenvalue weighted by Gasteiger charge is -2.11. The third-order valence-corrected chi connectivity index (χ3v) is 3.09. The summed E-state index contributed by atoms with van der Waals surface area (Å²) in [6.07, 6.45) is -0.842. The topological polar surface area (TPSA) is 33.1 Å². The van der Waals surface area contributed by atoms with E-state index in [1.165, 1.54) is 12.1 Å². The van der Waals surface area contributed by atoms with Crippen LogP contribution in [0.2, 0.25) is 0 Å². The van der Waals surface area contributed by atoms with E-state index in [0.29, 0.717) is 11.3 Å². The van der Waals surface area contributed by atoms with Crippen LogP contribution >= 0.6 is 0 Å². The first-order valence-electron chi connectivity index (χ1n) is 6.03. The van der Waals surface area contributed by atoms with Crippen LogP contribution in [0.25, 0.3) is 10.9 Å². The molecule has 19 heavy (non-hydrogen) atoms. The van der Waals surface area contributed by atoms with Crippen molar-refractivity contribution in [3.05, 3.63) is 77.7 Å². The molecule has 1 atom stereocenters. The van der Waals surface area contributed by atoms with E-state index in [4.69, 9.17) is 0 Å². The second-order valence-electron chi connectivity index (χ2n) is 4.38. The van der Waals surface area contributed by atoms with Crippen molar-refractivity contribution in [2.45, 2.75) is 6.10 Å². The Kier molecular flexibility index (Phi) is 2.97. The van der Waals surface area contributed by atoms with E-state index in [1.54, 1.807) is 18.2 Å². The number of aromatic nitrogens is 1. The SMILES string of the molecule is O[C@H](c1ccc(F)cc1)c1ccc2ccccc2n1. The van der Waals surface area contributed by atoms with Gasteiger partial charge in [-0.15, -0.1) is 0 Å². The van der Waals surface area contributed by atoms with Crippen LogP contribution in [0.1, 0.15) is 17.4 Å². The minimum Gasteiger partial charge on any atom is -0.382 e. The molecule has 94 valence electrons.